The Labute approximate surface area is 165 Å². The van der Waals surface area contributed by atoms with Gasteiger partial charge in [-0.1, -0.05) is 36.4 Å². The Bertz CT molecular complexity index is 1050. The largest absolute Gasteiger partial charge is 0.507 e. The Kier molecular flexibility index (Phi) is 5.76. The summed E-state index contributed by atoms with van der Waals surface area (Å²) in [5.41, 5.74) is 5.89. The van der Waals surface area contributed by atoms with Crippen molar-refractivity contribution in [3.05, 3.63) is 94.0 Å². The molecule has 0 saturated heterocycles. The minimum absolute atomic E-state index is 0.0347. The molecule has 3 aromatic carbocycles. The molecular formula is C24H22N2O2. The topological polar surface area (TPSA) is 73.1 Å². The van der Waals surface area contributed by atoms with Gasteiger partial charge >= 0.3 is 0 Å². The summed E-state index contributed by atoms with van der Waals surface area (Å²) < 4.78 is 0. The predicted molar refractivity (Wildman–Crippen MR) is 111 cm³/mol. The average molecular weight is 370 g/mol. The number of hydrogen-bond donors (Lipinski definition) is 2. The van der Waals surface area contributed by atoms with E-state index in [1.807, 2.05) is 24.3 Å². The number of phenolic OH excluding ortho intramolecular Hbond substituents is 1. The molecular weight excluding hydrogens is 348 g/mol. The zero-order valence-electron chi connectivity index (χ0n) is 16.0. The van der Waals surface area contributed by atoms with Gasteiger partial charge in [0.25, 0.3) is 0 Å². The van der Waals surface area contributed by atoms with E-state index in [9.17, 15) is 9.90 Å². The van der Waals surface area contributed by atoms with E-state index < -0.39 is 0 Å². The van der Waals surface area contributed by atoms with Crippen LogP contribution in [0, 0.1) is 18.3 Å². The van der Waals surface area contributed by atoms with E-state index in [4.69, 9.17) is 5.26 Å². The molecule has 4 nitrogen and oxygen atoms in total. The van der Waals surface area contributed by atoms with Crippen LogP contribution in [0.3, 0.4) is 0 Å². The lowest BCUT2D eigenvalue weighted by Gasteiger charge is -2.13. The molecule has 0 bridgehead atoms. The number of anilines is 1. The molecule has 0 aliphatic heterocycles. The van der Waals surface area contributed by atoms with Gasteiger partial charge in [0.05, 0.1) is 17.2 Å². The number of rotatable bonds is 6. The smallest absolute Gasteiger partial charge is 0.163 e. The van der Waals surface area contributed by atoms with Gasteiger partial charge in [0, 0.05) is 17.8 Å². The van der Waals surface area contributed by atoms with E-state index in [2.05, 4.69) is 35.7 Å². The number of carbonyl (C=O) groups excluding carboxylic acids is 1. The number of ketones is 1. The second kappa shape index (κ2) is 8.41. The Hall–Kier alpha value is -3.58. The minimum Gasteiger partial charge on any atom is -0.507 e. The first-order valence-corrected chi connectivity index (χ1v) is 9.12. The molecule has 0 aliphatic rings. The lowest BCUT2D eigenvalue weighted by Crippen LogP contribution is -2.03. The van der Waals surface area contributed by atoms with Crippen LogP contribution in [0.4, 0.5) is 5.69 Å². The van der Waals surface area contributed by atoms with Crippen LogP contribution in [0.2, 0.25) is 0 Å². The molecule has 0 amide bonds. The van der Waals surface area contributed by atoms with Crippen molar-refractivity contribution >= 4 is 11.5 Å². The van der Waals surface area contributed by atoms with E-state index in [0.717, 1.165) is 23.2 Å². The number of phenols is 1. The maximum absolute atomic E-state index is 11.5. The fourth-order valence-electron chi connectivity index (χ4n) is 3.13. The third-order valence-electron chi connectivity index (χ3n) is 4.78. The lowest BCUT2D eigenvalue weighted by molar-refractivity contribution is 0.101. The minimum atomic E-state index is -0.150. The lowest BCUT2D eigenvalue weighted by atomic mass is 10.0. The van der Waals surface area contributed by atoms with E-state index >= 15 is 0 Å². The van der Waals surface area contributed by atoms with Gasteiger partial charge in [-0.15, -0.1) is 0 Å². The third-order valence-corrected chi connectivity index (χ3v) is 4.78. The second-order valence-electron chi connectivity index (χ2n) is 6.85. The molecule has 0 aliphatic carbocycles. The Morgan fingerprint density at radius 2 is 1.75 bits per heavy atom. The predicted octanol–water partition coefficient (Wildman–Crippen LogP) is 4.98. The van der Waals surface area contributed by atoms with E-state index in [1.165, 1.54) is 12.5 Å². The van der Waals surface area contributed by atoms with Gasteiger partial charge in [0.15, 0.2) is 5.78 Å². The third kappa shape index (κ3) is 4.39. The van der Waals surface area contributed by atoms with Crippen molar-refractivity contribution in [1.29, 1.82) is 5.26 Å². The number of benzene rings is 3. The highest BCUT2D eigenvalue weighted by Gasteiger charge is 2.12. The van der Waals surface area contributed by atoms with Crippen molar-refractivity contribution in [2.45, 2.75) is 26.8 Å². The quantitative estimate of drug-likeness (QED) is 0.600. The zero-order valence-corrected chi connectivity index (χ0v) is 16.0. The summed E-state index contributed by atoms with van der Waals surface area (Å²) in [4.78, 5) is 11.5. The fourth-order valence-corrected chi connectivity index (χ4v) is 3.13. The standard InChI is InChI=1S/C24H22N2O2/c1-16-23(11-10-22(17(2)27)24(16)28)26-15-19-8-6-18(7-9-19)12-20-4-3-5-21(13-20)14-25/h3-11,13,26,28H,12,15H2,1-2H3. The number of Topliss-reactive ketones (excluding diaryl/α,β-unsaturated/α-hetero) is 1. The number of nitrogens with one attached hydrogen (secondary N) is 1. The van der Waals surface area contributed by atoms with Gasteiger partial charge in [0.1, 0.15) is 5.75 Å². The molecule has 0 unspecified atom stereocenters. The maximum Gasteiger partial charge on any atom is 0.163 e. The summed E-state index contributed by atoms with van der Waals surface area (Å²) in [5.74, 6) is -0.115. The number of nitrogens with zero attached hydrogens (tertiary/aromatic N) is 1. The van der Waals surface area contributed by atoms with Crippen LogP contribution in [0.5, 0.6) is 5.75 Å². The van der Waals surface area contributed by atoms with Crippen molar-refractivity contribution in [1.82, 2.24) is 0 Å². The second-order valence-corrected chi connectivity index (χ2v) is 6.85. The summed E-state index contributed by atoms with van der Waals surface area (Å²) in [6, 6.07) is 21.6. The van der Waals surface area contributed by atoms with Crippen LogP contribution in [0.15, 0.2) is 60.7 Å². The summed E-state index contributed by atoms with van der Waals surface area (Å²) in [7, 11) is 0. The van der Waals surface area contributed by atoms with Crippen LogP contribution in [-0.4, -0.2) is 10.9 Å². The van der Waals surface area contributed by atoms with Crippen LogP contribution in [-0.2, 0) is 13.0 Å². The Balaban J connectivity index is 1.66. The molecule has 3 aromatic rings. The SMILES string of the molecule is CC(=O)c1ccc(NCc2ccc(Cc3cccc(C#N)c3)cc2)c(C)c1O. The Morgan fingerprint density at radius 3 is 2.43 bits per heavy atom. The van der Waals surface area contributed by atoms with Gasteiger partial charge < -0.3 is 10.4 Å². The highest BCUT2D eigenvalue weighted by atomic mass is 16.3. The van der Waals surface area contributed by atoms with Gasteiger partial charge in [-0.25, -0.2) is 0 Å². The first-order valence-electron chi connectivity index (χ1n) is 9.12. The molecule has 0 radical (unpaired) electrons. The molecule has 0 heterocycles. The molecule has 140 valence electrons. The molecule has 0 saturated carbocycles. The number of nitriles is 1. The highest BCUT2D eigenvalue weighted by Crippen LogP contribution is 2.29. The molecule has 3 rings (SSSR count). The number of carbonyl (C=O) groups is 1. The first kappa shape index (κ1) is 19.2. The normalized spacial score (nSPS) is 10.3. The van der Waals surface area contributed by atoms with Gasteiger partial charge in [-0.2, -0.15) is 5.26 Å². The molecule has 0 aromatic heterocycles. The average Bonchev–Trinajstić information content (AvgIpc) is 2.70. The number of hydrogen-bond acceptors (Lipinski definition) is 4. The van der Waals surface area contributed by atoms with Gasteiger partial charge in [-0.3, -0.25) is 4.79 Å². The Morgan fingerprint density at radius 1 is 1.04 bits per heavy atom. The summed E-state index contributed by atoms with van der Waals surface area (Å²) >= 11 is 0. The summed E-state index contributed by atoms with van der Waals surface area (Å²) in [5, 5.41) is 22.5. The van der Waals surface area contributed by atoms with Crippen molar-refractivity contribution in [3.8, 4) is 11.8 Å². The zero-order chi connectivity index (χ0) is 20.1. The fraction of sp³-hybridized carbons (Fsp3) is 0.167. The molecule has 0 spiro atoms. The molecule has 0 atom stereocenters. The number of aromatic hydroxyl groups is 1. The van der Waals surface area contributed by atoms with E-state index in [1.54, 1.807) is 19.1 Å². The van der Waals surface area contributed by atoms with Crippen molar-refractivity contribution < 1.29 is 9.90 Å². The monoisotopic (exact) mass is 370 g/mol. The molecule has 4 heteroatoms. The summed E-state index contributed by atoms with van der Waals surface area (Å²) in [6.07, 6.45) is 0.780. The molecule has 0 fully saturated rings. The van der Waals surface area contributed by atoms with Gasteiger partial charge in [-0.05, 0) is 61.2 Å². The van der Waals surface area contributed by atoms with E-state index in [0.29, 0.717) is 23.2 Å². The molecule has 2 N–H and O–H groups in total. The maximum atomic E-state index is 11.5. The van der Waals surface area contributed by atoms with Crippen molar-refractivity contribution in [2.24, 2.45) is 0 Å². The van der Waals surface area contributed by atoms with Crippen LogP contribution in [0.1, 0.15) is 45.1 Å². The van der Waals surface area contributed by atoms with E-state index in [-0.39, 0.29) is 11.5 Å². The van der Waals surface area contributed by atoms with Crippen LogP contribution in [0.25, 0.3) is 0 Å². The van der Waals surface area contributed by atoms with Crippen molar-refractivity contribution in [3.63, 3.8) is 0 Å². The first-order chi connectivity index (χ1) is 13.5. The molecule has 28 heavy (non-hydrogen) atoms. The van der Waals surface area contributed by atoms with Crippen LogP contribution >= 0.6 is 0 Å². The van der Waals surface area contributed by atoms with Crippen molar-refractivity contribution in [2.75, 3.05) is 5.32 Å². The van der Waals surface area contributed by atoms with Gasteiger partial charge in [0.2, 0.25) is 0 Å². The van der Waals surface area contributed by atoms with Crippen LogP contribution < -0.4 is 5.32 Å². The highest BCUT2D eigenvalue weighted by molar-refractivity contribution is 5.97. The summed E-state index contributed by atoms with van der Waals surface area (Å²) in [6.45, 7) is 3.85.